The molecule has 0 aliphatic heterocycles. The number of aryl methyl sites for hydroxylation is 2. The zero-order chi connectivity index (χ0) is 20.8. The van der Waals surface area contributed by atoms with E-state index in [-0.39, 0.29) is 0 Å². The zero-order valence-electron chi connectivity index (χ0n) is 18.8. The van der Waals surface area contributed by atoms with Crippen molar-refractivity contribution in [2.75, 3.05) is 0 Å². The first-order valence-electron chi connectivity index (χ1n) is 11.6. The highest BCUT2D eigenvalue weighted by Gasteiger charge is 2.25. The molecule has 2 heteroatoms. The molecule has 1 fully saturated rings. The molecule has 0 amide bonds. The SMILES string of the molecule is Cc1c(C(C)C)ccc2c3ccccc3n(-c3cc(C4CCCCC4)cc[n+]3C)c12. The molecule has 0 saturated heterocycles. The van der Waals surface area contributed by atoms with Crippen LogP contribution in [-0.4, -0.2) is 4.57 Å². The van der Waals surface area contributed by atoms with Gasteiger partial charge in [0, 0.05) is 22.4 Å². The largest absolute Gasteiger partial charge is 0.286 e. The summed E-state index contributed by atoms with van der Waals surface area (Å²) in [6.45, 7) is 6.90. The van der Waals surface area contributed by atoms with E-state index < -0.39 is 0 Å². The number of fused-ring (bicyclic) bond motifs is 3. The van der Waals surface area contributed by atoms with Crippen LogP contribution in [0.3, 0.4) is 0 Å². The topological polar surface area (TPSA) is 8.81 Å². The Balaban J connectivity index is 1.82. The van der Waals surface area contributed by atoms with Crippen LogP contribution in [0.1, 0.15) is 74.5 Å². The lowest BCUT2D eigenvalue weighted by atomic mass is 9.84. The summed E-state index contributed by atoms with van der Waals surface area (Å²) in [5.41, 5.74) is 7.01. The monoisotopic (exact) mass is 397 g/mol. The molecule has 2 aromatic carbocycles. The molecule has 0 unspecified atom stereocenters. The highest BCUT2D eigenvalue weighted by atomic mass is 15.1. The maximum absolute atomic E-state index is 2.51. The lowest BCUT2D eigenvalue weighted by Crippen LogP contribution is -2.34. The molecule has 1 aliphatic rings. The molecule has 0 radical (unpaired) electrons. The highest BCUT2D eigenvalue weighted by molar-refractivity contribution is 6.10. The average molecular weight is 398 g/mol. The summed E-state index contributed by atoms with van der Waals surface area (Å²) < 4.78 is 4.80. The van der Waals surface area contributed by atoms with Gasteiger partial charge in [0.25, 0.3) is 5.82 Å². The molecule has 2 aromatic heterocycles. The van der Waals surface area contributed by atoms with Crippen molar-refractivity contribution >= 4 is 21.8 Å². The molecule has 1 aliphatic carbocycles. The number of aromatic nitrogens is 2. The fourth-order valence-corrected chi connectivity index (χ4v) is 5.59. The molecule has 0 N–H and O–H groups in total. The fourth-order valence-electron chi connectivity index (χ4n) is 5.59. The van der Waals surface area contributed by atoms with Crippen LogP contribution >= 0.6 is 0 Å². The molecule has 0 spiro atoms. The van der Waals surface area contributed by atoms with Gasteiger partial charge >= 0.3 is 0 Å². The Labute approximate surface area is 180 Å². The van der Waals surface area contributed by atoms with Gasteiger partial charge in [0.15, 0.2) is 0 Å². The molecular formula is C28H33N2+. The van der Waals surface area contributed by atoms with E-state index >= 15 is 0 Å². The van der Waals surface area contributed by atoms with Crippen molar-refractivity contribution in [1.29, 1.82) is 0 Å². The third-order valence-corrected chi connectivity index (χ3v) is 7.21. The van der Waals surface area contributed by atoms with E-state index in [1.54, 1.807) is 0 Å². The normalized spacial score (nSPS) is 15.5. The quantitative estimate of drug-likeness (QED) is 0.326. The fraction of sp³-hybridized carbons (Fsp3) is 0.393. The van der Waals surface area contributed by atoms with Gasteiger partial charge in [-0.25, -0.2) is 4.57 Å². The third-order valence-electron chi connectivity index (χ3n) is 7.21. The standard InChI is InChI=1S/C28H33N2/c1-19(2)23-14-15-25-24-12-8-9-13-26(24)30(28(25)20(23)3)27-18-22(16-17-29(27)4)21-10-6-5-7-11-21/h8-9,12-19,21H,5-7,10-11H2,1-4H3/q+1. The Morgan fingerprint density at radius 2 is 1.70 bits per heavy atom. The molecule has 0 bridgehead atoms. The van der Waals surface area contributed by atoms with Gasteiger partial charge in [-0.2, -0.15) is 4.57 Å². The summed E-state index contributed by atoms with van der Waals surface area (Å²) in [6.07, 6.45) is 9.06. The molecule has 5 rings (SSSR count). The van der Waals surface area contributed by atoms with Gasteiger partial charge in [0.05, 0.1) is 13.2 Å². The van der Waals surface area contributed by atoms with Crippen LogP contribution in [0.15, 0.2) is 54.7 Å². The van der Waals surface area contributed by atoms with Crippen LogP contribution in [0, 0.1) is 6.92 Å². The first kappa shape index (κ1) is 19.4. The van der Waals surface area contributed by atoms with E-state index in [2.05, 4.69) is 91.7 Å². The van der Waals surface area contributed by atoms with Crippen molar-refractivity contribution in [3.05, 3.63) is 71.4 Å². The Kier molecular flexibility index (Phi) is 4.89. The van der Waals surface area contributed by atoms with Gasteiger partial charge < -0.3 is 0 Å². The van der Waals surface area contributed by atoms with Crippen LogP contribution in [0.2, 0.25) is 0 Å². The number of rotatable bonds is 3. The maximum Gasteiger partial charge on any atom is 0.286 e. The molecule has 1 saturated carbocycles. The van der Waals surface area contributed by atoms with Gasteiger partial charge in [-0.05, 0) is 67.0 Å². The number of hydrogen-bond donors (Lipinski definition) is 0. The second-order valence-corrected chi connectivity index (χ2v) is 9.45. The molecule has 2 heterocycles. The number of nitrogens with zero attached hydrogens (tertiary/aromatic N) is 2. The smallest absolute Gasteiger partial charge is 0.237 e. The van der Waals surface area contributed by atoms with E-state index in [0.29, 0.717) is 11.8 Å². The van der Waals surface area contributed by atoms with Gasteiger partial charge in [0.1, 0.15) is 11.0 Å². The second-order valence-electron chi connectivity index (χ2n) is 9.45. The van der Waals surface area contributed by atoms with Gasteiger partial charge in [-0.15, -0.1) is 0 Å². The first-order valence-corrected chi connectivity index (χ1v) is 11.6. The zero-order valence-corrected chi connectivity index (χ0v) is 18.8. The molecule has 154 valence electrons. The maximum atomic E-state index is 2.51. The van der Waals surface area contributed by atoms with E-state index in [9.17, 15) is 0 Å². The summed E-state index contributed by atoms with van der Waals surface area (Å²) in [5.74, 6) is 2.50. The summed E-state index contributed by atoms with van der Waals surface area (Å²) >= 11 is 0. The molecular weight excluding hydrogens is 364 g/mol. The van der Waals surface area contributed by atoms with E-state index in [0.717, 1.165) is 0 Å². The number of pyridine rings is 1. The Bertz CT molecular complexity index is 1220. The van der Waals surface area contributed by atoms with Crippen molar-refractivity contribution in [3.63, 3.8) is 0 Å². The highest BCUT2D eigenvalue weighted by Crippen LogP contribution is 2.37. The van der Waals surface area contributed by atoms with Crippen LogP contribution in [0.4, 0.5) is 0 Å². The van der Waals surface area contributed by atoms with Crippen LogP contribution in [-0.2, 0) is 7.05 Å². The predicted molar refractivity (Wildman–Crippen MR) is 127 cm³/mol. The van der Waals surface area contributed by atoms with Gasteiger partial charge in [0.2, 0.25) is 0 Å². The average Bonchev–Trinajstić information content (AvgIpc) is 3.10. The van der Waals surface area contributed by atoms with E-state index in [4.69, 9.17) is 0 Å². The molecule has 30 heavy (non-hydrogen) atoms. The molecule has 2 nitrogen and oxygen atoms in total. The number of benzene rings is 2. The minimum Gasteiger partial charge on any atom is -0.237 e. The van der Waals surface area contributed by atoms with Crippen molar-refractivity contribution in [3.8, 4) is 5.82 Å². The Morgan fingerprint density at radius 1 is 0.933 bits per heavy atom. The molecule has 0 atom stereocenters. The first-order chi connectivity index (χ1) is 14.6. The second kappa shape index (κ2) is 7.58. The molecule has 4 aromatic rings. The van der Waals surface area contributed by atoms with Crippen molar-refractivity contribution < 1.29 is 4.57 Å². The number of hydrogen-bond acceptors (Lipinski definition) is 0. The number of para-hydroxylation sites is 1. The van der Waals surface area contributed by atoms with Gasteiger partial charge in [-0.3, -0.25) is 0 Å². The lowest BCUT2D eigenvalue weighted by molar-refractivity contribution is -0.665. The van der Waals surface area contributed by atoms with E-state index in [1.165, 1.54) is 76.4 Å². The van der Waals surface area contributed by atoms with E-state index in [1.807, 2.05) is 0 Å². The van der Waals surface area contributed by atoms with Gasteiger partial charge in [-0.1, -0.05) is 51.3 Å². The predicted octanol–water partition coefficient (Wildman–Crippen LogP) is 7.09. The lowest BCUT2D eigenvalue weighted by Gasteiger charge is -2.22. The minimum absolute atomic E-state index is 0.517. The Hall–Kier alpha value is -2.61. The van der Waals surface area contributed by atoms with Crippen LogP contribution in [0.25, 0.3) is 27.6 Å². The third kappa shape index (κ3) is 3.05. The minimum atomic E-state index is 0.517. The van der Waals surface area contributed by atoms with Crippen LogP contribution < -0.4 is 4.57 Å². The summed E-state index contributed by atoms with van der Waals surface area (Å²) in [6, 6.07) is 18.4. The summed E-state index contributed by atoms with van der Waals surface area (Å²) in [7, 11) is 2.18. The summed E-state index contributed by atoms with van der Waals surface area (Å²) in [5, 5.41) is 2.70. The summed E-state index contributed by atoms with van der Waals surface area (Å²) in [4.78, 5) is 0. The van der Waals surface area contributed by atoms with Crippen molar-refractivity contribution in [2.24, 2.45) is 7.05 Å². The van der Waals surface area contributed by atoms with Crippen molar-refractivity contribution in [1.82, 2.24) is 4.57 Å². The Morgan fingerprint density at radius 3 is 2.47 bits per heavy atom. The van der Waals surface area contributed by atoms with Crippen LogP contribution in [0.5, 0.6) is 0 Å². The van der Waals surface area contributed by atoms with Crippen molar-refractivity contribution in [2.45, 2.75) is 64.7 Å².